The van der Waals surface area contributed by atoms with Crippen molar-refractivity contribution in [3.8, 4) is 0 Å². The molecule has 1 aliphatic rings. The van der Waals surface area contributed by atoms with Crippen LogP contribution in [-0.4, -0.2) is 18.3 Å². The Morgan fingerprint density at radius 2 is 2.27 bits per heavy atom. The van der Waals surface area contributed by atoms with Crippen LogP contribution in [0.1, 0.15) is 30.8 Å². The topological polar surface area (TPSA) is 45.4 Å². The van der Waals surface area contributed by atoms with Crippen LogP contribution in [0.4, 0.5) is 0 Å². The van der Waals surface area contributed by atoms with Crippen LogP contribution in [0.3, 0.4) is 0 Å². The number of nitrogens with one attached hydrogen (secondary N) is 1. The fourth-order valence-electron chi connectivity index (χ4n) is 2.10. The van der Waals surface area contributed by atoms with Gasteiger partial charge in [0.05, 0.1) is 6.54 Å². The van der Waals surface area contributed by atoms with Gasteiger partial charge in [-0.05, 0) is 31.9 Å². The second-order valence-corrected chi connectivity index (χ2v) is 4.63. The van der Waals surface area contributed by atoms with Gasteiger partial charge >= 0.3 is 0 Å². The summed E-state index contributed by atoms with van der Waals surface area (Å²) in [5.74, 6) is 1.92. The van der Waals surface area contributed by atoms with Crippen molar-refractivity contribution in [1.29, 1.82) is 0 Å². The number of hydrogen-bond donors (Lipinski definition) is 2. The summed E-state index contributed by atoms with van der Waals surface area (Å²) in [7, 11) is 0. The highest BCUT2D eigenvalue weighted by Crippen LogP contribution is 2.39. The molecule has 2 rings (SSSR count). The van der Waals surface area contributed by atoms with Gasteiger partial charge in [-0.25, -0.2) is 0 Å². The lowest BCUT2D eigenvalue weighted by Gasteiger charge is -2.40. The van der Waals surface area contributed by atoms with E-state index in [1.54, 1.807) is 0 Å². The molecule has 0 spiro atoms. The highest BCUT2D eigenvalue weighted by Gasteiger charge is 2.35. The second-order valence-electron chi connectivity index (χ2n) is 4.63. The smallest absolute Gasteiger partial charge is 0.117 e. The molecule has 1 heterocycles. The molecule has 0 aromatic carbocycles. The van der Waals surface area contributed by atoms with Crippen LogP contribution >= 0.6 is 0 Å². The number of furan rings is 1. The number of aryl methyl sites for hydroxylation is 1. The van der Waals surface area contributed by atoms with Gasteiger partial charge in [-0.15, -0.1) is 0 Å². The summed E-state index contributed by atoms with van der Waals surface area (Å²) in [4.78, 5) is 0. The summed E-state index contributed by atoms with van der Waals surface area (Å²) in [6.45, 7) is 3.90. The highest BCUT2D eigenvalue weighted by atomic mass is 16.3. The molecule has 1 aromatic rings. The third-order valence-corrected chi connectivity index (χ3v) is 3.34. The molecule has 0 saturated heterocycles. The number of aliphatic hydroxyl groups excluding tert-OH is 1. The Kier molecular flexibility index (Phi) is 3.12. The first-order valence-corrected chi connectivity index (χ1v) is 5.61. The summed E-state index contributed by atoms with van der Waals surface area (Å²) in [6.07, 6.45) is 3.55. The minimum atomic E-state index is 0.154. The molecule has 3 nitrogen and oxygen atoms in total. The molecule has 0 unspecified atom stereocenters. The molecule has 0 amide bonds. The summed E-state index contributed by atoms with van der Waals surface area (Å²) < 4.78 is 5.46. The fraction of sp³-hybridized carbons (Fsp3) is 0.667. The standard InChI is InChI=1S/C12H19NO2/c1-10-3-4-11(15-10)7-13-8-12(9-14)5-2-6-12/h3-4,13-14H,2,5-9H2,1H3. The van der Waals surface area contributed by atoms with Gasteiger partial charge in [-0.3, -0.25) is 0 Å². The molecule has 84 valence electrons. The largest absolute Gasteiger partial charge is 0.465 e. The lowest BCUT2D eigenvalue weighted by molar-refractivity contribution is 0.0441. The van der Waals surface area contributed by atoms with Gasteiger partial charge < -0.3 is 14.8 Å². The first-order chi connectivity index (χ1) is 7.24. The van der Waals surface area contributed by atoms with Gasteiger partial charge in [0.15, 0.2) is 0 Å². The van der Waals surface area contributed by atoms with Gasteiger partial charge in [0, 0.05) is 18.6 Å². The van der Waals surface area contributed by atoms with Crippen LogP contribution in [-0.2, 0) is 6.54 Å². The zero-order valence-electron chi connectivity index (χ0n) is 9.25. The van der Waals surface area contributed by atoms with E-state index in [1.807, 2.05) is 19.1 Å². The second kappa shape index (κ2) is 4.37. The number of aliphatic hydroxyl groups is 1. The average Bonchev–Trinajstić information content (AvgIpc) is 2.56. The van der Waals surface area contributed by atoms with Crippen molar-refractivity contribution in [2.45, 2.75) is 32.7 Å². The minimum absolute atomic E-state index is 0.154. The quantitative estimate of drug-likeness (QED) is 0.777. The normalized spacial score (nSPS) is 18.8. The maximum atomic E-state index is 9.27. The first-order valence-electron chi connectivity index (χ1n) is 5.61. The number of rotatable bonds is 5. The summed E-state index contributed by atoms with van der Waals surface area (Å²) >= 11 is 0. The third kappa shape index (κ3) is 2.41. The first kappa shape index (κ1) is 10.7. The Bertz CT molecular complexity index is 310. The van der Waals surface area contributed by atoms with E-state index in [9.17, 15) is 5.11 Å². The maximum Gasteiger partial charge on any atom is 0.117 e. The van der Waals surface area contributed by atoms with E-state index in [0.29, 0.717) is 6.61 Å². The molecular weight excluding hydrogens is 190 g/mol. The number of hydrogen-bond acceptors (Lipinski definition) is 3. The Hall–Kier alpha value is -0.800. The molecular formula is C12H19NO2. The van der Waals surface area contributed by atoms with Crippen LogP contribution in [0.2, 0.25) is 0 Å². The van der Waals surface area contributed by atoms with Gasteiger partial charge in [0.2, 0.25) is 0 Å². The van der Waals surface area contributed by atoms with Crippen molar-refractivity contribution in [2.75, 3.05) is 13.2 Å². The Labute approximate surface area is 90.5 Å². The Morgan fingerprint density at radius 1 is 1.47 bits per heavy atom. The third-order valence-electron chi connectivity index (χ3n) is 3.34. The van der Waals surface area contributed by atoms with E-state index in [4.69, 9.17) is 4.42 Å². The van der Waals surface area contributed by atoms with E-state index in [0.717, 1.165) is 37.5 Å². The molecule has 1 aromatic heterocycles. The predicted octanol–water partition coefficient (Wildman–Crippen LogP) is 1.84. The molecule has 3 heteroatoms. The zero-order chi connectivity index (χ0) is 10.7. The van der Waals surface area contributed by atoms with Crippen molar-refractivity contribution < 1.29 is 9.52 Å². The molecule has 1 fully saturated rings. The van der Waals surface area contributed by atoms with Crippen molar-refractivity contribution in [1.82, 2.24) is 5.32 Å². The molecule has 1 aliphatic carbocycles. The highest BCUT2D eigenvalue weighted by molar-refractivity contribution is 5.05. The van der Waals surface area contributed by atoms with Gasteiger partial charge in [-0.2, -0.15) is 0 Å². The molecule has 1 saturated carbocycles. The van der Waals surface area contributed by atoms with E-state index in [1.165, 1.54) is 6.42 Å². The monoisotopic (exact) mass is 209 g/mol. The van der Waals surface area contributed by atoms with E-state index < -0.39 is 0 Å². The van der Waals surface area contributed by atoms with E-state index in [-0.39, 0.29) is 5.41 Å². The van der Waals surface area contributed by atoms with Gasteiger partial charge in [0.25, 0.3) is 0 Å². The van der Waals surface area contributed by atoms with Gasteiger partial charge in [-0.1, -0.05) is 6.42 Å². The van der Waals surface area contributed by atoms with Crippen molar-refractivity contribution in [2.24, 2.45) is 5.41 Å². The zero-order valence-corrected chi connectivity index (χ0v) is 9.25. The van der Waals surface area contributed by atoms with Crippen LogP contribution in [0.25, 0.3) is 0 Å². The van der Waals surface area contributed by atoms with Crippen molar-refractivity contribution in [3.63, 3.8) is 0 Å². The maximum absolute atomic E-state index is 9.27. The minimum Gasteiger partial charge on any atom is -0.465 e. The van der Waals surface area contributed by atoms with E-state index in [2.05, 4.69) is 5.32 Å². The Balaban J connectivity index is 1.74. The summed E-state index contributed by atoms with van der Waals surface area (Å²) in [6, 6.07) is 3.97. The molecule has 0 bridgehead atoms. The molecule has 15 heavy (non-hydrogen) atoms. The van der Waals surface area contributed by atoms with E-state index >= 15 is 0 Å². The molecule has 0 radical (unpaired) electrons. The SMILES string of the molecule is Cc1ccc(CNCC2(CO)CCC2)o1. The van der Waals surface area contributed by atoms with Crippen LogP contribution in [0, 0.1) is 12.3 Å². The Morgan fingerprint density at radius 3 is 2.73 bits per heavy atom. The van der Waals surface area contributed by atoms with Crippen molar-refractivity contribution >= 4 is 0 Å². The van der Waals surface area contributed by atoms with Crippen LogP contribution in [0.15, 0.2) is 16.5 Å². The van der Waals surface area contributed by atoms with Crippen molar-refractivity contribution in [3.05, 3.63) is 23.7 Å². The van der Waals surface area contributed by atoms with Crippen LogP contribution in [0.5, 0.6) is 0 Å². The molecule has 0 aliphatic heterocycles. The van der Waals surface area contributed by atoms with Crippen LogP contribution < -0.4 is 5.32 Å². The predicted molar refractivity (Wildman–Crippen MR) is 58.5 cm³/mol. The summed E-state index contributed by atoms with van der Waals surface area (Å²) in [5.41, 5.74) is 0.154. The lowest BCUT2D eigenvalue weighted by Crippen LogP contribution is -2.42. The lowest BCUT2D eigenvalue weighted by atomic mass is 9.69. The molecule has 2 N–H and O–H groups in total. The molecule has 0 atom stereocenters. The van der Waals surface area contributed by atoms with Gasteiger partial charge in [0.1, 0.15) is 11.5 Å². The fourth-order valence-corrected chi connectivity index (χ4v) is 2.10. The average molecular weight is 209 g/mol. The summed E-state index contributed by atoms with van der Waals surface area (Å²) in [5, 5.41) is 12.6.